The van der Waals surface area contributed by atoms with Gasteiger partial charge in [-0.05, 0) is 54.1 Å². The zero-order valence-corrected chi connectivity index (χ0v) is 19.2. The lowest BCUT2D eigenvalue weighted by atomic mass is 10.0. The smallest absolute Gasteiger partial charge is 0.267 e. The number of pyridine rings is 1. The highest BCUT2D eigenvalue weighted by molar-refractivity contribution is 6.30. The Morgan fingerprint density at radius 1 is 0.914 bits per heavy atom. The van der Waals surface area contributed by atoms with Gasteiger partial charge in [-0.3, -0.25) is 9.78 Å². The number of anilines is 2. The van der Waals surface area contributed by atoms with Crippen molar-refractivity contribution in [2.45, 2.75) is 6.61 Å². The second-order valence-corrected chi connectivity index (χ2v) is 8.24. The van der Waals surface area contributed by atoms with Crippen LogP contribution in [0.4, 0.5) is 11.5 Å². The van der Waals surface area contributed by atoms with Crippen molar-refractivity contribution >= 4 is 39.8 Å². The number of halogens is 1. The number of carbonyl (C=O) groups excluding carboxylic acids is 1. The molecule has 0 saturated carbocycles. The lowest BCUT2D eigenvalue weighted by Crippen LogP contribution is -2.13. The molecule has 0 aliphatic rings. The fourth-order valence-electron chi connectivity index (χ4n) is 3.65. The monoisotopic (exact) mass is 481 g/mol. The summed E-state index contributed by atoms with van der Waals surface area (Å²) in [5, 5.41) is 14.9. The fraction of sp³-hybridized carbons (Fsp3) is 0.0370. The molecule has 8 heteroatoms. The van der Waals surface area contributed by atoms with Crippen molar-refractivity contribution in [1.82, 2.24) is 15.2 Å². The minimum absolute atomic E-state index is 0.209. The third-order valence-corrected chi connectivity index (χ3v) is 5.66. The molecule has 3 N–H and O–H groups in total. The fourth-order valence-corrected chi connectivity index (χ4v) is 3.78. The first-order valence-electron chi connectivity index (χ1n) is 10.8. The molecule has 5 rings (SSSR count). The Bertz CT molecular complexity index is 1510. The number of aromatic nitrogens is 3. The zero-order chi connectivity index (χ0) is 24.2. The van der Waals surface area contributed by atoms with Crippen LogP contribution in [0.15, 0.2) is 91.1 Å². The summed E-state index contributed by atoms with van der Waals surface area (Å²) in [5.74, 6) is 0.767. The van der Waals surface area contributed by atoms with E-state index in [1.807, 2.05) is 72.8 Å². The first-order valence-corrected chi connectivity index (χ1v) is 11.2. The Balaban J connectivity index is 1.33. The number of hydrogen-bond donors (Lipinski definition) is 2. The Morgan fingerprint density at radius 3 is 2.40 bits per heavy atom. The van der Waals surface area contributed by atoms with Crippen LogP contribution in [0.5, 0.6) is 5.75 Å². The van der Waals surface area contributed by atoms with E-state index < -0.39 is 5.91 Å². The molecule has 0 bridgehead atoms. The molecule has 0 aliphatic heterocycles. The molecule has 2 heterocycles. The molecule has 5 aromatic rings. The van der Waals surface area contributed by atoms with Crippen LogP contribution in [0.25, 0.3) is 22.0 Å². The Morgan fingerprint density at radius 2 is 1.66 bits per heavy atom. The summed E-state index contributed by atoms with van der Waals surface area (Å²) in [6, 6.07) is 26.5. The van der Waals surface area contributed by atoms with Crippen molar-refractivity contribution in [1.29, 1.82) is 0 Å². The van der Waals surface area contributed by atoms with Gasteiger partial charge in [-0.25, -0.2) is 0 Å². The van der Waals surface area contributed by atoms with Gasteiger partial charge in [0.05, 0.1) is 0 Å². The van der Waals surface area contributed by atoms with E-state index in [2.05, 4.69) is 20.5 Å². The molecule has 0 saturated heterocycles. The molecule has 0 unspecified atom stereocenters. The van der Waals surface area contributed by atoms with Crippen LogP contribution in [-0.2, 0) is 6.61 Å². The average Bonchev–Trinajstić information content (AvgIpc) is 2.89. The molecule has 35 heavy (non-hydrogen) atoms. The topological polar surface area (TPSA) is 103 Å². The van der Waals surface area contributed by atoms with Gasteiger partial charge in [0.25, 0.3) is 5.91 Å². The number of hydrogen-bond acceptors (Lipinski definition) is 6. The summed E-state index contributed by atoms with van der Waals surface area (Å²) in [6.07, 6.45) is 1.54. The van der Waals surface area contributed by atoms with Gasteiger partial charge >= 0.3 is 0 Å². The van der Waals surface area contributed by atoms with Crippen LogP contribution >= 0.6 is 11.6 Å². The summed E-state index contributed by atoms with van der Waals surface area (Å²) in [4.78, 5) is 15.2. The van der Waals surface area contributed by atoms with Gasteiger partial charge in [0, 0.05) is 33.2 Å². The molecular weight excluding hydrogens is 462 g/mol. The van der Waals surface area contributed by atoms with Gasteiger partial charge in [0.2, 0.25) is 0 Å². The third kappa shape index (κ3) is 5.05. The van der Waals surface area contributed by atoms with Crippen molar-refractivity contribution in [3.8, 4) is 17.0 Å². The molecule has 0 aliphatic carbocycles. The van der Waals surface area contributed by atoms with Gasteiger partial charge in [-0.15, -0.1) is 10.2 Å². The lowest BCUT2D eigenvalue weighted by molar-refractivity contribution is 0.0995. The predicted molar refractivity (Wildman–Crippen MR) is 137 cm³/mol. The maximum Gasteiger partial charge on any atom is 0.267 e. The summed E-state index contributed by atoms with van der Waals surface area (Å²) in [5.41, 5.74) is 8.88. The van der Waals surface area contributed by atoms with Crippen LogP contribution in [0.2, 0.25) is 5.02 Å². The van der Waals surface area contributed by atoms with E-state index in [4.69, 9.17) is 22.1 Å². The van der Waals surface area contributed by atoms with Crippen LogP contribution in [0.1, 0.15) is 16.1 Å². The second-order valence-electron chi connectivity index (χ2n) is 7.80. The number of nitrogens with two attached hydrogens (primary N) is 1. The van der Waals surface area contributed by atoms with E-state index in [9.17, 15) is 4.79 Å². The number of benzene rings is 3. The highest BCUT2D eigenvalue weighted by atomic mass is 35.5. The summed E-state index contributed by atoms with van der Waals surface area (Å²) in [7, 11) is 0. The van der Waals surface area contributed by atoms with Crippen molar-refractivity contribution < 1.29 is 9.53 Å². The first-order chi connectivity index (χ1) is 17.1. The van der Waals surface area contributed by atoms with Crippen LogP contribution in [-0.4, -0.2) is 21.1 Å². The molecule has 0 spiro atoms. The average molecular weight is 482 g/mol. The molecule has 7 nitrogen and oxygen atoms in total. The number of amides is 1. The third-order valence-electron chi connectivity index (χ3n) is 5.40. The minimum Gasteiger partial charge on any atom is -0.489 e. The van der Waals surface area contributed by atoms with Gasteiger partial charge in [0.15, 0.2) is 5.82 Å². The van der Waals surface area contributed by atoms with Gasteiger partial charge in [0.1, 0.15) is 23.7 Å². The normalized spacial score (nSPS) is 10.8. The second kappa shape index (κ2) is 9.79. The molecular formula is C27H20ClN5O2. The molecule has 172 valence electrons. The van der Waals surface area contributed by atoms with Crippen LogP contribution < -0.4 is 15.8 Å². The van der Waals surface area contributed by atoms with Crippen molar-refractivity contribution in [2.75, 3.05) is 5.32 Å². The van der Waals surface area contributed by atoms with Gasteiger partial charge in [-0.1, -0.05) is 48.0 Å². The zero-order valence-electron chi connectivity index (χ0n) is 18.5. The van der Waals surface area contributed by atoms with Crippen LogP contribution in [0.3, 0.4) is 0 Å². The van der Waals surface area contributed by atoms with E-state index in [1.165, 1.54) is 6.20 Å². The highest BCUT2D eigenvalue weighted by Crippen LogP contribution is 2.31. The minimum atomic E-state index is -0.570. The molecule has 0 radical (unpaired) electrons. The van der Waals surface area contributed by atoms with Crippen molar-refractivity contribution in [2.24, 2.45) is 5.73 Å². The number of carbonyl (C=O) groups is 1. The molecule has 1 amide bonds. The van der Waals surface area contributed by atoms with Crippen molar-refractivity contribution in [3.05, 3.63) is 107 Å². The summed E-state index contributed by atoms with van der Waals surface area (Å²) >= 11 is 6.04. The molecule has 0 atom stereocenters. The van der Waals surface area contributed by atoms with E-state index >= 15 is 0 Å². The highest BCUT2D eigenvalue weighted by Gasteiger charge is 2.11. The van der Waals surface area contributed by atoms with Gasteiger partial charge in [-0.2, -0.15) is 0 Å². The Kier molecular flexibility index (Phi) is 6.24. The predicted octanol–water partition coefficient (Wildman–Crippen LogP) is 5.77. The number of fused-ring (bicyclic) bond motifs is 1. The van der Waals surface area contributed by atoms with Crippen molar-refractivity contribution in [3.63, 3.8) is 0 Å². The van der Waals surface area contributed by atoms with Crippen LogP contribution in [0, 0.1) is 0 Å². The lowest BCUT2D eigenvalue weighted by Gasteiger charge is -2.12. The number of ether oxygens (including phenoxy) is 1. The molecule has 0 fully saturated rings. The quantitative estimate of drug-likeness (QED) is 0.306. The van der Waals surface area contributed by atoms with Gasteiger partial charge < -0.3 is 15.8 Å². The van der Waals surface area contributed by atoms with E-state index in [1.54, 1.807) is 12.1 Å². The Hall–Kier alpha value is -4.49. The SMILES string of the molecule is NC(=O)c1cc(COc2ccc(Nc3nnc(-c4ccc(Cl)cc4)c4ccccc34)cc2)ccn1. The molecule has 2 aromatic heterocycles. The maximum atomic E-state index is 11.3. The standard InChI is InChI=1S/C27H20ClN5O2/c28-19-7-5-18(6-8-19)25-22-3-1-2-4-23(22)27(33-32-25)31-20-9-11-21(12-10-20)35-16-17-13-14-30-24(15-17)26(29)34/h1-15H,16H2,(H2,29,34)(H,31,33). The number of primary amides is 1. The summed E-state index contributed by atoms with van der Waals surface area (Å²) < 4.78 is 5.83. The summed E-state index contributed by atoms with van der Waals surface area (Å²) in [6.45, 7) is 0.290. The number of nitrogens with one attached hydrogen (secondary N) is 1. The largest absolute Gasteiger partial charge is 0.489 e. The number of nitrogens with zero attached hydrogens (tertiary/aromatic N) is 3. The Labute approximate surface area is 206 Å². The van der Waals surface area contributed by atoms with E-state index in [-0.39, 0.29) is 12.3 Å². The van der Waals surface area contributed by atoms with E-state index in [0.29, 0.717) is 16.6 Å². The number of rotatable bonds is 7. The maximum absolute atomic E-state index is 11.3. The molecule has 3 aromatic carbocycles. The van der Waals surface area contributed by atoms with E-state index in [0.717, 1.165) is 33.3 Å². The first kappa shape index (κ1) is 22.3.